The Hall–Kier alpha value is -3.16. The Bertz CT molecular complexity index is 1110. The molecular weight excluding hydrogens is 400 g/mol. The van der Waals surface area contributed by atoms with Crippen molar-refractivity contribution >= 4 is 33.2 Å². The molecule has 0 saturated carbocycles. The van der Waals surface area contributed by atoms with Gasteiger partial charge in [-0.05, 0) is 60.7 Å². The van der Waals surface area contributed by atoms with Gasteiger partial charge in [-0.25, -0.2) is 0 Å². The van der Waals surface area contributed by atoms with Crippen LogP contribution in [-0.2, 0) is 10.1 Å². The zero-order valence-corrected chi connectivity index (χ0v) is 16.0. The molecule has 8 heteroatoms. The molecule has 2 N–H and O–H groups in total. The lowest BCUT2D eigenvalue weighted by atomic mass is 10.0. The number of nitrogens with zero attached hydrogens (tertiary/aromatic N) is 1. The van der Waals surface area contributed by atoms with Crippen LogP contribution in [0.25, 0.3) is 0 Å². The molecule has 0 aromatic heterocycles. The van der Waals surface area contributed by atoms with Crippen molar-refractivity contribution in [3.8, 4) is 5.75 Å². The molecule has 0 fully saturated rings. The predicted octanol–water partition coefficient (Wildman–Crippen LogP) is 3.65. The zero-order chi connectivity index (χ0) is 20.1. The molecule has 3 aromatic carbocycles. The summed E-state index contributed by atoms with van der Waals surface area (Å²) in [6.45, 7) is 0. The first kappa shape index (κ1) is 19.6. The van der Waals surface area contributed by atoms with Gasteiger partial charge >= 0.3 is 10.1 Å². The van der Waals surface area contributed by atoms with E-state index < -0.39 is 10.1 Å². The number of hydrogen-bond donors (Lipinski definition) is 1. The number of rotatable bonds is 6. The Morgan fingerprint density at radius 1 is 0.857 bits per heavy atom. The van der Waals surface area contributed by atoms with Gasteiger partial charge in [0, 0.05) is 16.1 Å². The van der Waals surface area contributed by atoms with Gasteiger partial charge in [0.25, 0.3) is 0 Å². The normalized spacial score (nSPS) is 11.8. The molecule has 3 rings (SSSR count). The van der Waals surface area contributed by atoms with Crippen molar-refractivity contribution in [2.75, 3.05) is 0 Å². The molecule has 3 aromatic rings. The minimum absolute atomic E-state index is 0.0276. The first-order valence-electron chi connectivity index (χ1n) is 8.09. The van der Waals surface area contributed by atoms with Gasteiger partial charge in [0.2, 0.25) is 5.78 Å². The van der Waals surface area contributed by atoms with Gasteiger partial charge in [0.15, 0.2) is 0 Å². The fraction of sp³-hybridized carbons (Fsp3) is 0. The van der Waals surface area contributed by atoms with Gasteiger partial charge in [-0.2, -0.15) is 13.5 Å². The standard InChI is InChI=1S/C20H15ClN2O4S/c21-16-10-6-15(7-11-16)20(24)19(23-22)14-8-12-17(13-9-14)27-28(25,26)18-4-2-1-3-5-18/h1-13H,22H2/b23-19+. The number of hydrazone groups is 1. The van der Waals surface area contributed by atoms with Crippen LogP contribution in [-0.4, -0.2) is 19.9 Å². The highest BCUT2D eigenvalue weighted by molar-refractivity contribution is 7.87. The molecule has 28 heavy (non-hydrogen) atoms. The number of hydrogen-bond acceptors (Lipinski definition) is 6. The second-order valence-corrected chi connectivity index (χ2v) is 7.67. The van der Waals surface area contributed by atoms with Gasteiger partial charge in [-0.3, -0.25) is 4.79 Å². The van der Waals surface area contributed by atoms with Crippen LogP contribution >= 0.6 is 11.6 Å². The average molecular weight is 415 g/mol. The van der Waals surface area contributed by atoms with Gasteiger partial charge in [-0.15, -0.1) is 0 Å². The van der Waals surface area contributed by atoms with E-state index in [-0.39, 0.29) is 22.1 Å². The van der Waals surface area contributed by atoms with Crippen LogP contribution in [0.2, 0.25) is 5.02 Å². The number of ketones is 1. The summed E-state index contributed by atoms with van der Waals surface area (Å²) in [5.74, 6) is 5.12. The molecular formula is C20H15ClN2O4S. The smallest absolute Gasteiger partial charge is 0.339 e. The van der Waals surface area contributed by atoms with E-state index in [0.717, 1.165) is 0 Å². The molecule has 0 heterocycles. The highest BCUT2D eigenvalue weighted by Crippen LogP contribution is 2.20. The number of halogens is 1. The molecule has 142 valence electrons. The highest BCUT2D eigenvalue weighted by Gasteiger charge is 2.18. The largest absolute Gasteiger partial charge is 0.379 e. The molecule has 0 radical (unpaired) electrons. The molecule has 0 spiro atoms. The van der Waals surface area contributed by atoms with E-state index in [2.05, 4.69) is 5.10 Å². The zero-order valence-electron chi connectivity index (χ0n) is 14.4. The minimum atomic E-state index is -3.95. The molecule has 0 bridgehead atoms. The van der Waals surface area contributed by atoms with Gasteiger partial charge in [0.05, 0.1) is 0 Å². The number of nitrogens with two attached hydrogens (primary N) is 1. The van der Waals surface area contributed by atoms with Crippen molar-refractivity contribution in [1.29, 1.82) is 0 Å². The van der Waals surface area contributed by atoms with Gasteiger partial charge in [-0.1, -0.05) is 29.8 Å². The van der Waals surface area contributed by atoms with Crippen LogP contribution in [0, 0.1) is 0 Å². The van der Waals surface area contributed by atoms with Crippen molar-refractivity contribution in [3.05, 3.63) is 95.0 Å². The SMILES string of the molecule is N/N=C(/C(=O)c1ccc(Cl)cc1)c1ccc(OS(=O)(=O)c2ccccc2)cc1. The summed E-state index contributed by atoms with van der Waals surface area (Å²) < 4.78 is 29.6. The number of carbonyl (C=O) groups excluding carboxylic acids is 1. The van der Waals surface area contributed by atoms with E-state index in [1.54, 1.807) is 42.5 Å². The maximum absolute atomic E-state index is 12.6. The van der Waals surface area contributed by atoms with Crippen LogP contribution in [0.5, 0.6) is 5.75 Å². The van der Waals surface area contributed by atoms with Crippen molar-refractivity contribution in [2.24, 2.45) is 10.9 Å². The highest BCUT2D eigenvalue weighted by atomic mass is 35.5. The second kappa shape index (κ2) is 8.24. The van der Waals surface area contributed by atoms with Crippen LogP contribution in [0.3, 0.4) is 0 Å². The minimum Gasteiger partial charge on any atom is -0.379 e. The van der Waals surface area contributed by atoms with E-state index >= 15 is 0 Å². The van der Waals surface area contributed by atoms with E-state index in [0.29, 0.717) is 16.1 Å². The molecule has 0 aliphatic carbocycles. The van der Waals surface area contributed by atoms with Crippen LogP contribution in [0.4, 0.5) is 0 Å². The van der Waals surface area contributed by atoms with E-state index in [9.17, 15) is 13.2 Å². The van der Waals surface area contributed by atoms with Crippen LogP contribution < -0.4 is 10.0 Å². The lowest BCUT2D eigenvalue weighted by Gasteiger charge is -2.09. The fourth-order valence-corrected chi connectivity index (χ4v) is 3.51. The molecule has 0 unspecified atom stereocenters. The summed E-state index contributed by atoms with van der Waals surface area (Å²) in [5.41, 5.74) is 0.826. The summed E-state index contributed by atoms with van der Waals surface area (Å²) in [4.78, 5) is 12.6. The van der Waals surface area contributed by atoms with Crippen molar-refractivity contribution < 1.29 is 17.4 Å². The maximum atomic E-state index is 12.6. The number of benzene rings is 3. The third kappa shape index (κ3) is 4.39. The van der Waals surface area contributed by atoms with Crippen LogP contribution in [0.15, 0.2) is 88.9 Å². The Labute approximate surface area is 167 Å². The van der Waals surface area contributed by atoms with Gasteiger partial charge in [0.1, 0.15) is 16.4 Å². The number of Topliss-reactive ketones (excluding diaryl/α,β-unsaturated/α-hetero) is 1. The molecule has 0 atom stereocenters. The third-order valence-electron chi connectivity index (χ3n) is 3.82. The monoisotopic (exact) mass is 414 g/mol. The van der Waals surface area contributed by atoms with E-state index in [1.165, 1.54) is 36.4 Å². The third-order valence-corrected chi connectivity index (χ3v) is 5.33. The topological polar surface area (TPSA) is 98.8 Å². The summed E-state index contributed by atoms with van der Waals surface area (Å²) in [6, 6.07) is 20.0. The van der Waals surface area contributed by atoms with Crippen LogP contribution in [0.1, 0.15) is 15.9 Å². The summed E-state index contributed by atoms with van der Waals surface area (Å²) in [7, 11) is -3.95. The average Bonchev–Trinajstić information content (AvgIpc) is 2.71. The lowest BCUT2D eigenvalue weighted by Crippen LogP contribution is -2.18. The lowest BCUT2D eigenvalue weighted by molar-refractivity contribution is 0.106. The van der Waals surface area contributed by atoms with Crippen molar-refractivity contribution in [1.82, 2.24) is 0 Å². The number of carbonyl (C=O) groups is 1. The first-order valence-corrected chi connectivity index (χ1v) is 9.87. The summed E-state index contributed by atoms with van der Waals surface area (Å²) in [5, 5.41) is 4.09. The Morgan fingerprint density at radius 3 is 2.00 bits per heavy atom. The maximum Gasteiger partial charge on any atom is 0.339 e. The summed E-state index contributed by atoms with van der Waals surface area (Å²) in [6.07, 6.45) is 0. The summed E-state index contributed by atoms with van der Waals surface area (Å²) >= 11 is 5.83. The molecule has 0 amide bonds. The molecule has 0 saturated heterocycles. The van der Waals surface area contributed by atoms with Gasteiger partial charge < -0.3 is 10.0 Å². The fourth-order valence-electron chi connectivity index (χ4n) is 2.43. The molecule has 0 aliphatic heterocycles. The van der Waals surface area contributed by atoms with Crippen molar-refractivity contribution in [3.63, 3.8) is 0 Å². The quantitative estimate of drug-likeness (QED) is 0.218. The van der Waals surface area contributed by atoms with Crippen molar-refractivity contribution in [2.45, 2.75) is 4.90 Å². The predicted molar refractivity (Wildman–Crippen MR) is 107 cm³/mol. The second-order valence-electron chi connectivity index (χ2n) is 5.69. The van der Waals surface area contributed by atoms with E-state index in [4.69, 9.17) is 21.6 Å². The molecule has 6 nitrogen and oxygen atoms in total. The van der Waals surface area contributed by atoms with E-state index in [1.807, 2.05) is 0 Å². The first-order chi connectivity index (χ1) is 13.4. The Kier molecular flexibility index (Phi) is 5.77. The Balaban J connectivity index is 1.81. The molecule has 0 aliphatic rings. The Morgan fingerprint density at radius 2 is 1.43 bits per heavy atom.